The molecule has 2 unspecified atom stereocenters. The Bertz CT molecular complexity index is 1700. The number of aryl methyl sites for hydroxylation is 1. The van der Waals surface area contributed by atoms with Gasteiger partial charge in [0.25, 0.3) is 5.91 Å². The molecular weight excluding hydrogens is 574 g/mol. The third-order valence-electron chi connectivity index (χ3n) is 8.39. The highest BCUT2D eigenvalue weighted by molar-refractivity contribution is 7.21. The van der Waals surface area contributed by atoms with E-state index in [1.807, 2.05) is 60.4 Å². The monoisotopic (exact) mass is 611 g/mol. The smallest absolute Gasteiger partial charge is 0.331 e. The van der Waals surface area contributed by atoms with Gasteiger partial charge in [-0.25, -0.2) is 9.78 Å². The van der Waals surface area contributed by atoms with E-state index in [0.717, 1.165) is 55.3 Å². The SMILES string of the molecule is CCCC(CC)C(=O)N1CCCC(NC(=O)c2sc3nccc4c3c2NC(=O)N4c2ccc(Oc3ccccc3)cc2C)C1. The predicted octanol–water partition coefficient (Wildman–Crippen LogP) is 7.63. The summed E-state index contributed by atoms with van der Waals surface area (Å²) in [4.78, 5) is 49.6. The van der Waals surface area contributed by atoms with Gasteiger partial charge in [-0.05, 0) is 74.6 Å². The second-order valence-electron chi connectivity index (χ2n) is 11.4. The number of urea groups is 1. The van der Waals surface area contributed by atoms with Crippen LogP contribution in [0, 0.1) is 12.8 Å². The van der Waals surface area contributed by atoms with E-state index in [0.29, 0.717) is 39.1 Å². The molecule has 4 aromatic rings. The van der Waals surface area contributed by atoms with Crippen LogP contribution in [0.1, 0.15) is 61.2 Å². The van der Waals surface area contributed by atoms with Crippen molar-refractivity contribution in [3.05, 3.63) is 71.2 Å². The van der Waals surface area contributed by atoms with Crippen LogP contribution in [0.2, 0.25) is 0 Å². The van der Waals surface area contributed by atoms with Gasteiger partial charge in [0.15, 0.2) is 0 Å². The highest BCUT2D eigenvalue weighted by Gasteiger charge is 2.35. The third kappa shape index (κ3) is 5.74. The summed E-state index contributed by atoms with van der Waals surface area (Å²) in [6.45, 7) is 7.31. The van der Waals surface area contributed by atoms with Crippen molar-refractivity contribution < 1.29 is 19.1 Å². The van der Waals surface area contributed by atoms with Gasteiger partial charge in [-0.1, -0.05) is 38.5 Å². The fourth-order valence-electron chi connectivity index (χ4n) is 6.21. The number of rotatable bonds is 9. The number of amides is 4. The van der Waals surface area contributed by atoms with E-state index < -0.39 is 0 Å². The number of hydrogen-bond donors (Lipinski definition) is 2. The molecule has 2 aliphatic heterocycles. The van der Waals surface area contributed by atoms with Gasteiger partial charge < -0.3 is 20.3 Å². The Kier molecular flexibility index (Phi) is 8.52. The first-order valence-electron chi connectivity index (χ1n) is 15.3. The Morgan fingerprint density at radius 3 is 2.68 bits per heavy atom. The number of hydrogen-bond acceptors (Lipinski definition) is 6. The molecule has 228 valence electrons. The maximum atomic E-state index is 13.7. The lowest BCUT2D eigenvalue weighted by atomic mass is 9.96. The molecule has 4 amide bonds. The first-order valence-corrected chi connectivity index (χ1v) is 16.1. The van der Waals surface area contributed by atoms with Crippen LogP contribution < -0.4 is 20.3 Å². The van der Waals surface area contributed by atoms with Gasteiger partial charge in [0.05, 0.1) is 22.4 Å². The summed E-state index contributed by atoms with van der Waals surface area (Å²) >= 11 is 1.26. The average Bonchev–Trinajstić information content (AvgIpc) is 3.40. The van der Waals surface area contributed by atoms with Crippen LogP contribution >= 0.6 is 11.3 Å². The van der Waals surface area contributed by atoms with E-state index in [2.05, 4.69) is 29.5 Å². The van der Waals surface area contributed by atoms with E-state index in [-0.39, 0.29) is 29.8 Å². The molecule has 2 N–H and O–H groups in total. The molecule has 0 saturated carbocycles. The topological polar surface area (TPSA) is 104 Å². The second-order valence-corrected chi connectivity index (χ2v) is 12.4. The molecule has 6 rings (SSSR count). The fourth-order valence-corrected chi connectivity index (χ4v) is 7.23. The van der Waals surface area contributed by atoms with Crippen LogP contribution in [0.4, 0.5) is 21.9 Å². The van der Waals surface area contributed by atoms with E-state index in [9.17, 15) is 14.4 Å². The number of benzene rings is 2. The number of piperidine rings is 1. The van der Waals surface area contributed by atoms with Crippen LogP contribution in [0.15, 0.2) is 60.8 Å². The minimum Gasteiger partial charge on any atom is -0.457 e. The van der Waals surface area contributed by atoms with Crippen LogP contribution in [-0.2, 0) is 4.79 Å². The fraction of sp³-hybridized carbons (Fsp3) is 0.353. The molecule has 1 saturated heterocycles. The van der Waals surface area contributed by atoms with Crippen molar-refractivity contribution in [2.45, 2.75) is 58.9 Å². The van der Waals surface area contributed by atoms with Crippen LogP contribution in [-0.4, -0.2) is 46.9 Å². The summed E-state index contributed by atoms with van der Waals surface area (Å²) in [5.41, 5.74) is 2.71. The molecule has 0 aliphatic carbocycles. The zero-order chi connectivity index (χ0) is 30.8. The standard InChI is InChI=1S/C34H37N5O4S/c1-4-10-22(5-2)33(41)38-18-9-11-23(20-38)36-31(40)30-29-28-27(16-17-35-32(28)44-30)39(34(42)37-29)26-15-14-25(19-21(26)3)43-24-12-7-6-8-13-24/h6-8,12-17,19,22-23H,4-5,9-11,18,20H2,1-3H3,(H,36,40)(H,37,42). The number of nitrogens with one attached hydrogen (secondary N) is 2. The van der Waals surface area contributed by atoms with E-state index >= 15 is 0 Å². The molecule has 44 heavy (non-hydrogen) atoms. The second kappa shape index (κ2) is 12.7. The van der Waals surface area contributed by atoms with E-state index in [4.69, 9.17) is 4.74 Å². The molecule has 2 aromatic carbocycles. The van der Waals surface area contributed by atoms with Gasteiger partial charge in [0.2, 0.25) is 5.91 Å². The van der Waals surface area contributed by atoms with Gasteiger partial charge in [-0.2, -0.15) is 0 Å². The number of likely N-dealkylation sites (tertiary alicyclic amines) is 1. The maximum absolute atomic E-state index is 13.7. The Labute approximate surface area is 261 Å². The van der Waals surface area contributed by atoms with Crippen molar-refractivity contribution in [1.29, 1.82) is 0 Å². The number of anilines is 3. The van der Waals surface area contributed by atoms with Crippen molar-refractivity contribution >= 4 is 56.5 Å². The normalized spacial score (nSPS) is 16.9. The Morgan fingerprint density at radius 1 is 1.11 bits per heavy atom. The van der Waals surface area contributed by atoms with E-state index in [1.165, 1.54) is 11.3 Å². The first kappa shape index (κ1) is 29.6. The lowest BCUT2D eigenvalue weighted by Crippen LogP contribution is -2.51. The molecule has 0 bridgehead atoms. The molecule has 9 nitrogen and oxygen atoms in total. The molecule has 4 heterocycles. The van der Waals surface area contributed by atoms with Gasteiger partial charge in [0, 0.05) is 31.2 Å². The number of nitrogens with zero attached hydrogens (tertiary/aromatic N) is 3. The average molecular weight is 612 g/mol. The molecule has 0 radical (unpaired) electrons. The Hall–Kier alpha value is -4.44. The van der Waals surface area contributed by atoms with Gasteiger partial charge in [-0.3, -0.25) is 14.5 Å². The van der Waals surface area contributed by atoms with Crippen LogP contribution in [0.3, 0.4) is 0 Å². The lowest BCUT2D eigenvalue weighted by molar-refractivity contribution is -0.137. The van der Waals surface area contributed by atoms with Gasteiger partial charge in [0.1, 0.15) is 21.2 Å². The molecule has 2 atom stereocenters. The highest BCUT2D eigenvalue weighted by atomic mass is 32.1. The van der Waals surface area contributed by atoms with Crippen LogP contribution in [0.5, 0.6) is 11.5 Å². The van der Waals surface area contributed by atoms with Crippen molar-refractivity contribution in [3.8, 4) is 11.5 Å². The summed E-state index contributed by atoms with van der Waals surface area (Å²) in [6, 6.07) is 16.4. The zero-order valence-corrected chi connectivity index (χ0v) is 26.1. The number of carbonyl (C=O) groups excluding carboxylic acids is 3. The third-order valence-corrected chi connectivity index (χ3v) is 9.48. The lowest BCUT2D eigenvalue weighted by Gasteiger charge is -2.35. The number of para-hydroxylation sites is 1. The molecule has 1 fully saturated rings. The number of aromatic nitrogens is 1. The first-order chi connectivity index (χ1) is 21.4. The summed E-state index contributed by atoms with van der Waals surface area (Å²) in [5, 5.41) is 6.87. The van der Waals surface area contributed by atoms with Crippen molar-refractivity contribution in [1.82, 2.24) is 15.2 Å². The molecular formula is C34H37N5O4S. The summed E-state index contributed by atoms with van der Waals surface area (Å²) in [7, 11) is 0. The largest absolute Gasteiger partial charge is 0.457 e. The number of thiophene rings is 1. The summed E-state index contributed by atoms with van der Waals surface area (Å²) in [5.74, 6) is 1.35. The van der Waals surface area contributed by atoms with Crippen molar-refractivity contribution in [2.24, 2.45) is 5.92 Å². The van der Waals surface area contributed by atoms with Gasteiger partial charge in [-0.15, -0.1) is 11.3 Å². The van der Waals surface area contributed by atoms with Crippen molar-refractivity contribution in [3.63, 3.8) is 0 Å². The Morgan fingerprint density at radius 2 is 1.93 bits per heavy atom. The minimum absolute atomic E-state index is 0.0281. The van der Waals surface area contributed by atoms with Gasteiger partial charge >= 0.3 is 6.03 Å². The molecule has 2 aliphatic rings. The quantitative estimate of drug-likeness (QED) is 0.203. The molecule has 0 spiro atoms. The summed E-state index contributed by atoms with van der Waals surface area (Å²) < 4.78 is 5.99. The highest BCUT2D eigenvalue weighted by Crippen LogP contribution is 2.46. The minimum atomic E-state index is -0.353. The predicted molar refractivity (Wildman–Crippen MR) is 174 cm³/mol. The van der Waals surface area contributed by atoms with E-state index in [1.54, 1.807) is 17.2 Å². The number of ether oxygens (including phenoxy) is 1. The molecule has 10 heteroatoms. The zero-order valence-electron chi connectivity index (χ0n) is 25.3. The van der Waals surface area contributed by atoms with Crippen molar-refractivity contribution in [2.75, 3.05) is 23.3 Å². The Balaban J connectivity index is 1.24. The summed E-state index contributed by atoms with van der Waals surface area (Å²) in [6.07, 6.45) is 5.98. The van der Waals surface area contributed by atoms with Crippen LogP contribution in [0.25, 0.3) is 10.2 Å². The maximum Gasteiger partial charge on any atom is 0.331 e. The number of pyridine rings is 1. The number of carbonyl (C=O) groups is 3. The molecule has 2 aromatic heterocycles.